The van der Waals surface area contributed by atoms with Crippen molar-refractivity contribution in [2.45, 2.75) is 47.8 Å². The lowest BCUT2D eigenvalue weighted by molar-refractivity contribution is -0.135. The van der Waals surface area contributed by atoms with Gasteiger partial charge in [0.2, 0.25) is 5.91 Å². The molecular formula is C20H28N2O2S. The zero-order chi connectivity index (χ0) is 18.4. The minimum absolute atomic E-state index is 0.00115. The highest BCUT2D eigenvalue weighted by molar-refractivity contribution is 7.09. The van der Waals surface area contributed by atoms with Crippen LogP contribution < -0.4 is 4.74 Å². The molecule has 0 saturated carbocycles. The molecule has 2 aromatic rings. The fourth-order valence-electron chi connectivity index (χ4n) is 2.58. The normalized spacial score (nSPS) is 11.2. The second-order valence-corrected chi connectivity index (χ2v) is 8.00. The van der Waals surface area contributed by atoms with Gasteiger partial charge in [0.15, 0.2) is 0 Å². The van der Waals surface area contributed by atoms with E-state index < -0.39 is 0 Å². The first-order valence-electron chi connectivity index (χ1n) is 8.77. The van der Waals surface area contributed by atoms with Gasteiger partial charge < -0.3 is 9.64 Å². The zero-order valence-electron chi connectivity index (χ0n) is 15.8. The van der Waals surface area contributed by atoms with Crippen molar-refractivity contribution < 1.29 is 9.53 Å². The van der Waals surface area contributed by atoms with Crippen LogP contribution in [0.15, 0.2) is 29.6 Å². The predicted octanol–water partition coefficient (Wildman–Crippen LogP) is 4.67. The van der Waals surface area contributed by atoms with E-state index >= 15 is 0 Å². The van der Waals surface area contributed by atoms with E-state index in [4.69, 9.17) is 4.74 Å². The van der Waals surface area contributed by atoms with Crippen LogP contribution in [0.4, 0.5) is 0 Å². The Morgan fingerprint density at radius 2 is 1.96 bits per heavy atom. The van der Waals surface area contributed by atoms with Gasteiger partial charge in [-0.05, 0) is 24.5 Å². The Morgan fingerprint density at radius 3 is 2.60 bits per heavy atom. The molecule has 1 aromatic heterocycles. The molecule has 0 aliphatic heterocycles. The number of carbonyl (C=O) groups is 1. The smallest absolute Gasteiger partial charge is 0.225 e. The highest BCUT2D eigenvalue weighted by Gasteiger charge is 2.19. The summed E-state index contributed by atoms with van der Waals surface area (Å²) in [6.45, 7) is 11.9. The van der Waals surface area contributed by atoms with Gasteiger partial charge in [-0.25, -0.2) is 4.98 Å². The van der Waals surface area contributed by atoms with Crippen molar-refractivity contribution in [3.8, 4) is 5.75 Å². The summed E-state index contributed by atoms with van der Waals surface area (Å²) in [5.41, 5.74) is 2.05. The molecule has 0 aliphatic carbocycles. The summed E-state index contributed by atoms with van der Waals surface area (Å²) in [6.07, 6.45) is 0. The number of benzene rings is 1. The lowest BCUT2D eigenvalue weighted by atomic mass is 10.1. The number of thiazole rings is 1. The van der Waals surface area contributed by atoms with Crippen LogP contribution in [0, 0.1) is 18.8 Å². The maximum Gasteiger partial charge on any atom is 0.225 e. The van der Waals surface area contributed by atoms with E-state index in [-0.39, 0.29) is 11.8 Å². The summed E-state index contributed by atoms with van der Waals surface area (Å²) >= 11 is 1.58. The molecule has 4 nitrogen and oxygen atoms in total. The topological polar surface area (TPSA) is 42.4 Å². The Bertz CT molecular complexity index is 695. The van der Waals surface area contributed by atoms with Gasteiger partial charge in [0.1, 0.15) is 17.4 Å². The molecule has 136 valence electrons. The van der Waals surface area contributed by atoms with Crippen molar-refractivity contribution in [3.05, 3.63) is 45.9 Å². The first-order valence-corrected chi connectivity index (χ1v) is 9.65. The molecule has 1 amide bonds. The van der Waals surface area contributed by atoms with E-state index in [1.807, 2.05) is 55.3 Å². The van der Waals surface area contributed by atoms with Gasteiger partial charge in [-0.1, -0.05) is 45.9 Å². The van der Waals surface area contributed by atoms with Crippen LogP contribution in [-0.4, -0.2) is 22.3 Å². The van der Waals surface area contributed by atoms with E-state index in [1.165, 1.54) is 0 Å². The number of nitrogens with zero attached hydrogens (tertiary/aromatic N) is 2. The number of aromatic nitrogens is 1. The maximum absolute atomic E-state index is 12.4. The molecular weight excluding hydrogens is 332 g/mol. The molecule has 1 heterocycles. The van der Waals surface area contributed by atoms with Crippen LogP contribution in [0.5, 0.6) is 5.75 Å². The van der Waals surface area contributed by atoms with Crippen molar-refractivity contribution >= 4 is 17.2 Å². The minimum atomic E-state index is 0.00115. The quantitative estimate of drug-likeness (QED) is 0.687. The Labute approximate surface area is 154 Å². The van der Waals surface area contributed by atoms with Crippen LogP contribution in [0.2, 0.25) is 0 Å². The maximum atomic E-state index is 12.4. The van der Waals surface area contributed by atoms with E-state index in [1.54, 1.807) is 11.3 Å². The molecule has 0 radical (unpaired) electrons. The van der Waals surface area contributed by atoms with Crippen LogP contribution in [0.25, 0.3) is 0 Å². The number of hydrogen-bond acceptors (Lipinski definition) is 4. The summed E-state index contributed by atoms with van der Waals surface area (Å²) in [6, 6.07) is 7.97. The van der Waals surface area contributed by atoms with Crippen LogP contribution in [-0.2, 0) is 17.9 Å². The SMILES string of the molecule is Cc1ccccc1OCc1nc(CN(CC(C)C)C(=O)C(C)C)cs1. The summed E-state index contributed by atoms with van der Waals surface area (Å²) in [5, 5.41) is 2.96. The van der Waals surface area contributed by atoms with Crippen molar-refractivity contribution in [1.82, 2.24) is 9.88 Å². The number of aryl methyl sites for hydroxylation is 1. The number of hydrogen-bond donors (Lipinski definition) is 0. The predicted molar refractivity (Wildman–Crippen MR) is 103 cm³/mol. The van der Waals surface area contributed by atoms with Gasteiger partial charge in [0, 0.05) is 17.8 Å². The molecule has 0 fully saturated rings. The average molecular weight is 361 g/mol. The number of rotatable bonds is 8. The van der Waals surface area contributed by atoms with Crippen LogP contribution >= 0.6 is 11.3 Å². The molecule has 0 N–H and O–H groups in total. The summed E-state index contributed by atoms with van der Waals surface area (Å²) < 4.78 is 5.86. The Hall–Kier alpha value is -1.88. The molecule has 0 atom stereocenters. The van der Waals surface area contributed by atoms with Gasteiger partial charge in [-0.2, -0.15) is 0 Å². The molecule has 0 saturated heterocycles. The molecule has 0 aliphatic rings. The summed E-state index contributed by atoms with van der Waals surface area (Å²) in [7, 11) is 0. The number of para-hydroxylation sites is 1. The Morgan fingerprint density at radius 1 is 1.24 bits per heavy atom. The summed E-state index contributed by atoms with van der Waals surface area (Å²) in [4.78, 5) is 19.0. The summed E-state index contributed by atoms with van der Waals surface area (Å²) in [5.74, 6) is 1.50. The van der Waals surface area contributed by atoms with E-state index in [2.05, 4.69) is 18.8 Å². The second-order valence-electron chi connectivity index (χ2n) is 7.05. The molecule has 0 bridgehead atoms. The van der Waals surface area contributed by atoms with E-state index in [0.717, 1.165) is 28.6 Å². The van der Waals surface area contributed by atoms with Crippen molar-refractivity contribution in [2.75, 3.05) is 6.54 Å². The highest BCUT2D eigenvalue weighted by atomic mass is 32.1. The first kappa shape index (κ1) is 19.4. The van der Waals surface area contributed by atoms with Crippen molar-refractivity contribution in [2.24, 2.45) is 11.8 Å². The molecule has 25 heavy (non-hydrogen) atoms. The van der Waals surface area contributed by atoms with Crippen LogP contribution in [0.3, 0.4) is 0 Å². The minimum Gasteiger partial charge on any atom is -0.486 e. The van der Waals surface area contributed by atoms with Gasteiger partial charge >= 0.3 is 0 Å². The molecule has 0 spiro atoms. The van der Waals surface area contributed by atoms with Gasteiger partial charge in [-0.3, -0.25) is 4.79 Å². The lowest BCUT2D eigenvalue weighted by Crippen LogP contribution is -2.36. The van der Waals surface area contributed by atoms with E-state index in [0.29, 0.717) is 19.1 Å². The third-order valence-electron chi connectivity index (χ3n) is 3.79. The average Bonchev–Trinajstić information content (AvgIpc) is 2.99. The molecule has 2 rings (SSSR count). The number of amides is 1. The largest absolute Gasteiger partial charge is 0.486 e. The Kier molecular flexibility index (Phi) is 7.00. The van der Waals surface area contributed by atoms with Gasteiger partial charge in [0.25, 0.3) is 0 Å². The third kappa shape index (κ3) is 5.85. The van der Waals surface area contributed by atoms with Crippen molar-refractivity contribution in [3.63, 3.8) is 0 Å². The number of carbonyl (C=O) groups excluding carboxylic acids is 1. The fraction of sp³-hybridized carbons (Fsp3) is 0.500. The Balaban J connectivity index is 1.99. The first-order chi connectivity index (χ1) is 11.9. The highest BCUT2D eigenvalue weighted by Crippen LogP contribution is 2.20. The van der Waals surface area contributed by atoms with Crippen LogP contribution in [0.1, 0.15) is 44.0 Å². The molecule has 0 unspecified atom stereocenters. The fourth-order valence-corrected chi connectivity index (χ4v) is 3.28. The molecule has 1 aromatic carbocycles. The monoisotopic (exact) mass is 360 g/mol. The third-order valence-corrected chi connectivity index (χ3v) is 4.66. The van der Waals surface area contributed by atoms with Crippen molar-refractivity contribution in [1.29, 1.82) is 0 Å². The lowest BCUT2D eigenvalue weighted by Gasteiger charge is -2.25. The zero-order valence-corrected chi connectivity index (χ0v) is 16.6. The molecule has 5 heteroatoms. The standard InChI is InChI=1S/C20H28N2O2S/c1-14(2)10-22(20(23)15(3)4)11-17-13-25-19(21-17)12-24-18-9-7-6-8-16(18)5/h6-9,13-15H,10-12H2,1-5H3. The van der Waals surface area contributed by atoms with Gasteiger partial charge in [-0.15, -0.1) is 11.3 Å². The second kappa shape index (κ2) is 8.99. The van der Waals surface area contributed by atoms with E-state index in [9.17, 15) is 4.79 Å². The van der Waals surface area contributed by atoms with Gasteiger partial charge in [0.05, 0.1) is 12.2 Å². The number of ether oxygens (including phenoxy) is 1.